The zero-order valence-electron chi connectivity index (χ0n) is 9.64. The van der Waals surface area contributed by atoms with Crippen molar-refractivity contribution in [1.29, 1.82) is 0 Å². The molecule has 0 bridgehead atoms. The topological polar surface area (TPSA) is 50.2 Å². The van der Waals surface area contributed by atoms with Crippen LogP contribution in [0.3, 0.4) is 0 Å². The van der Waals surface area contributed by atoms with Crippen LogP contribution in [0.2, 0.25) is 5.02 Å². The maximum Gasteiger partial charge on any atom is 0.164 e. The molecule has 4 heteroatoms. The number of carbonyl (C=O) groups excluding carboxylic acids is 1. The Balaban J connectivity index is 1.99. The van der Waals surface area contributed by atoms with Crippen LogP contribution in [0.1, 0.15) is 22.3 Å². The predicted octanol–water partition coefficient (Wildman–Crippen LogP) is 3.26. The summed E-state index contributed by atoms with van der Waals surface area (Å²) in [6.45, 7) is 0. The Morgan fingerprint density at radius 1 is 1.33 bits per heavy atom. The number of hydrogen-bond acceptors (Lipinski definition) is 3. The molecule has 2 rings (SSSR count). The second-order valence-corrected chi connectivity index (χ2v) is 4.36. The van der Waals surface area contributed by atoms with Gasteiger partial charge in [-0.15, -0.1) is 0 Å². The predicted molar refractivity (Wildman–Crippen MR) is 70.0 cm³/mol. The molecule has 0 saturated carbocycles. The molecule has 0 fully saturated rings. The molecule has 1 N–H and O–H groups in total. The van der Waals surface area contributed by atoms with Gasteiger partial charge in [0.25, 0.3) is 0 Å². The van der Waals surface area contributed by atoms with Gasteiger partial charge in [-0.2, -0.15) is 0 Å². The number of phenolic OH excluding ortho intramolecular Hbond substituents is 1. The zero-order chi connectivity index (χ0) is 13.0. The summed E-state index contributed by atoms with van der Waals surface area (Å²) in [7, 11) is 0. The van der Waals surface area contributed by atoms with Gasteiger partial charge >= 0.3 is 0 Å². The van der Waals surface area contributed by atoms with Crippen molar-refractivity contribution in [2.75, 3.05) is 0 Å². The smallest absolute Gasteiger partial charge is 0.164 e. The number of ketones is 1. The molecular weight excluding hydrogens is 250 g/mol. The maximum absolute atomic E-state index is 11.8. The minimum Gasteiger partial charge on any atom is -0.506 e. The SMILES string of the molecule is O=C(CCc1ccc(O)c(Cl)c1)c1cccnc1. The summed E-state index contributed by atoms with van der Waals surface area (Å²) in [4.78, 5) is 15.8. The van der Waals surface area contributed by atoms with E-state index in [0.29, 0.717) is 23.4 Å². The van der Waals surface area contributed by atoms with Crippen LogP contribution in [0.15, 0.2) is 42.7 Å². The molecule has 0 saturated heterocycles. The Kier molecular flexibility index (Phi) is 3.95. The number of aromatic nitrogens is 1. The number of phenols is 1. The molecule has 0 radical (unpaired) electrons. The fourth-order valence-corrected chi connectivity index (χ4v) is 1.84. The summed E-state index contributed by atoms with van der Waals surface area (Å²) >= 11 is 5.80. The highest BCUT2D eigenvalue weighted by Gasteiger charge is 2.07. The number of benzene rings is 1. The molecule has 0 aliphatic carbocycles. The molecule has 0 atom stereocenters. The fraction of sp³-hybridized carbons (Fsp3) is 0.143. The van der Waals surface area contributed by atoms with Crippen molar-refractivity contribution < 1.29 is 9.90 Å². The van der Waals surface area contributed by atoms with E-state index in [-0.39, 0.29) is 11.5 Å². The van der Waals surface area contributed by atoms with Gasteiger partial charge in [0.1, 0.15) is 5.75 Å². The van der Waals surface area contributed by atoms with Crippen LogP contribution >= 0.6 is 11.6 Å². The van der Waals surface area contributed by atoms with E-state index in [1.54, 1.807) is 36.7 Å². The Labute approximate surface area is 110 Å². The highest BCUT2D eigenvalue weighted by atomic mass is 35.5. The minimum absolute atomic E-state index is 0.0484. The number of halogens is 1. The first-order valence-corrected chi connectivity index (χ1v) is 5.95. The number of carbonyl (C=O) groups is 1. The Hall–Kier alpha value is -1.87. The van der Waals surface area contributed by atoms with Crippen LogP contribution in [-0.4, -0.2) is 15.9 Å². The molecule has 0 unspecified atom stereocenters. The summed E-state index contributed by atoms with van der Waals surface area (Å²) in [6, 6.07) is 8.46. The summed E-state index contributed by atoms with van der Waals surface area (Å²) in [6.07, 6.45) is 4.18. The van der Waals surface area contributed by atoms with E-state index in [1.807, 2.05) is 0 Å². The molecule has 0 aliphatic heterocycles. The van der Waals surface area contributed by atoms with E-state index in [1.165, 1.54) is 6.07 Å². The van der Waals surface area contributed by atoms with Crippen molar-refractivity contribution in [2.24, 2.45) is 0 Å². The number of rotatable bonds is 4. The van der Waals surface area contributed by atoms with E-state index < -0.39 is 0 Å². The number of nitrogens with zero attached hydrogens (tertiary/aromatic N) is 1. The fourth-order valence-electron chi connectivity index (χ4n) is 1.64. The van der Waals surface area contributed by atoms with Gasteiger partial charge in [0.2, 0.25) is 0 Å². The lowest BCUT2D eigenvalue weighted by Gasteiger charge is -2.03. The minimum atomic E-state index is 0.0484. The first-order chi connectivity index (χ1) is 8.66. The molecule has 0 aliphatic rings. The van der Waals surface area contributed by atoms with Crippen LogP contribution < -0.4 is 0 Å². The summed E-state index contributed by atoms with van der Waals surface area (Å²) < 4.78 is 0. The third kappa shape index (κ3) is 3.08. The van der Waals surface area contributed by atoms with Crippen LogP contribution in [0.25, 0.3) is 0 Å². The molecule has 0 spiro atoms. The second-order valence-electron chi connectivity index (χ2n) is 3.95. The molecule has 1 aromatic carbocycles. The number of aryl methyl sites for hydroxylation is 1. The van der Waals surface area contributed by atoms with Crippen molar-refractivity contribution in [3.05, 3.63) is 58.9 Å². The standard InChI is InChI=1S/C14H12ClNO2/c15-12-8-10(4-6-14(12)18)3-5-13(17)11-2-1-7-16-9-11/h1-2,4,6-9,18H,3,5H2. The van der Waals surface area contributed by atoms with Crippen LogP contribution in [0, 0.1) is 0 Å². The van der Waals surface area contributed by atoms with Gasteiger partial charge in [0.15, 0.2) is 5.78 Å². The summed E-state index contributed by atoms with van der Waals surface area (Å²) in [5.74, 6) is 0.103. The lowest BCUT2D eigenvalue weighted by atomic mass is 10.0. The summed E-state index contributed by atoms with van der Waals surface area (Å²) in [5, 5.41) is 9.60. The molecule has 3 nitrogen and oxygen atoms in total. The molecule has 2 aromatic rings. The quantitative estimate of drug-likeness (QED) is 0.860. The third-order valence-electron chi connectivity index (χ3n) is 2.64. The largest absolute Gasteiger partial charge is 0.506 e. The molecule has 0 amide bonds. The van der Waals surface area contributed by atoms with Gasteiger partial charge in [-0.1, -0.05) is 17.7 Å². The van der Waals surface area contributed by atoms with Gasteiger partial charge in [0, 0.05) is 24.4 Å². The monoisotopic (exact) mass is 261 g/mol. The van der Waals surface area contributed by atoms with Gasteiger partial charge in [-0.25, -0.2) is 0 Å². The lowest BCUT2D eigenvalue weighted by Crippen LogP contribution is -2.01. The normalized spacial score (nSPS) is 10.3. The van der Waals surface area contributed by atoms with Crippen LogP contribution in [0.4, 0.5) is 0 Å². The Morgan fingerprint density at radius 2 is 2.17 bits per heavy atom. The third-order valence-corrected chi connectivity index (χ3v) is 2.94. The first-order valence-electron chi connectivity index (χ1n) is 5.57. The molecule has 92 valence electrons. The van der Waals surface area contributed by atoms with E-state index >= 15 is 0 Å². The molecule has 1 aromatic heterocycles. The molecule has 1 heterocycles. The summed E-state index contributed by atoms with van der Waals surface area (Å²) in [5.41, 5.74) is 1.54. The first kappa shape index (κ1) is 12.6. The van der Waals surface area contributed by atoms with E-state index in [9.17, 15) is 9.90 Å². The average Bonchev–Trinajstić information content (AvgIpc) is 2.41. The molecular formula is C14H12ClNO2. The van der Waals surface area contributed by atoms with Crippen molar-refractivity contribution in [3.8, 4) is 5.75 Å². The van der Waals surface area contributed by atoms with Gasteiger partial charge in [-0.3, -0.25) is 9.78 Å². The zero-order valence-corrected chi connectivity index (χ0v) is 10.4. The number of aromatic hydroxyl groups is 1. The van der Waals surface area contributed by atoms with E-state index in [4.69, 9.17) is 11.6 Å². The Morgan fingerprint density at radius 3 is 2.83 bits per heavy atom. The molecule has 18 heavy (non-hydrogen) atoms. The van der Waals surface area contributed by atoms with Gasteiger partial charge in [-0.05, 0) is 36.2 Å². The van der Waals surface area contributed by atoms with E-state index in [0.717, 1.165) is 5.56 Å². The Bertz CT molecular complexity index is 555. The number of hydrogen-bond donors (Lipinski definition) is 1. The van der Waals surface area contributed by atoms with Crippen molar-refractivity contribution >= 4 is 17.4 Å². The number of pyridine rings is 1. The second kappa shape index (κ2) is 5.65. The highest BCUT2D eigenvalue weighted by molar-refractivity contribution is 6.32. The van der Waals surface area contributed by atoms with E-state index in [2.05, 4.69) is 4.98 Å². The van der Waals surface area contributed by atoms with Gasteiger partial charge < -0.3 is 5.11 Å². The van der Waals surface area contributed by atoms with Crippen LogP contribution in [-0.2, 0) is 6.42 Å². The van der Waals surface area contributed by atoms with Crippen molar-refractivity contribution in [2.45, 2.75) is 12.8 Å². The van der Waals surface area contributed by atoms with Crippen LogP contribution in [0.5, 0.6) is 5.75 Å². The maximum atomic E-state index is 11.8. The van der Waals surface area contributed by atoms with Crippen molar-refractivity contribution in [1.82, 2.24) is 4.98 Å². The number of Topliss-reactive ketones (excluding diaryl/α,β-unsaturated/α-hetero) is 1. The highest BCUT2D eigenvalue weighted by Crippen LogP contribution is 2.24. The van der Waals surface area contributed by atoms with Crippen molar-refractivity contribution in [3.63, 3.8) is 0 Å². The van der Waals surface area contributed by atoms with Gasteiger partial charge in [0.05, 0.1) is 5.02 Å². The average molecular weight is 262 g/mol. The lowest BCUT2D eigenvalue weighted by molar-refractivity contribution is 0.0982.